The van der Waals surface area contributed by atoms with E-state index in [9.17, 15) is 4.79 Å². The molecule has 2 N–H and O–H groups in total. The SMILES string of the molecule is CC1CCCC(CNC(=O)c2ccc3ccccc3c2)N1. The molecule has 2 aromatic carbocycles. The molecule has 2 aromatic rings. The van der Waals surface area contributed by atoms with Gasteiger partial charge in [-0.25, -0.2) is 0 Å². The second-order valence-electron chi connectivity index (χ2n) is 5.97. The second kappa shape index (κ2) is 6.27. The molecule has 0 spiro atoms. The lowest BCUT2D eigenvalue weighted by atomic mass is 9.99. The van der Waals surface area contributed by atoms with E-state index in [0.29, 0.717) is 18.6 Å². The average Bonchev–Trinajstić information content (AvgIpc) is 2.52. The quantitative estimate of drug-likeness (QED) is 0.908. The summed E-state index contributed by atoms with van der Waals surface area (Å²) in [6, 6.07) is 14.9. The van der Waals surface area contributed by atoms with Crippen molar-refractivity contribution in [2.45, 2.75) is 38.3 Å². The molecule has 110 valence electrons. The van der Waals surface area contributed by atoms with Crippen molar-refractivity contribution in [1.29, 1.82) is 0 Å². The van der Waals surface area contributed by atoms with Crippen molar-refractivity contribution < 1.29 is 4.79 Å². The summed E-state index contributed by atoms with van der Waals surface area (Å²) in [5, 5.41) is 8.86. The lowest BCUT2D eigenvalue weighted by Crippen LogP contribution is -2.47. The van der Waals surface area contributed by atoms with E-state index in [0.717, 1.165) is 22.8 Å². The van der Waals surface area contributed by atoms with Crippen LogP contribution in [0.4, 0.5) is 0 Å². The van der Waals surface area contributed by atoms with Gasteiger partial charge in [-0.2, -0.15) is 0 Å². The van der Waals surface area contributed by atoms with Gasteiger partial charge in [0.1, 0.15) is 0 Å². The van der Waals surface area contributed by atoms with Crippen LogP contribution < -0.4 is 10.6 Å². The first-order chi connectivity index (χ1) is 10.2. The lowest BCUT2D eigenvalue weighted by Gasteiger charge is -2.28. The summed E-state index contributed by atoms with van der Waals surface area (Å²) < 4.78 is 0. The van der Waals surface area contributed by atoms with Crippen LogP contribution in [0.2, 0.25) is 0 Å². The molecule has 1 amide bonds. The van der Waals surface area contributed by atoms with Crippen LogP contribution in [0.3, 0.4) is 0 Å². The average molecular weight is 282 g/mol. The Kier molecular flexibility index (Phi) is 4.20. The van der Waals surface area contributed by atoms with Crippen molar-refractivity contribution >= 4 is 16.7 Å². The zero-order valence-electron chi connectivity index (χ0n) is 12.4. The minimum atomic E-state index is 0.0146. The van der Waals surface area contributed by atoms with Gasteiger partial charge in [0.15, 0.2) is 0 Å². The number of fused-ring (bicyclic) bond motifs is 1. The van der Waals surface area contributed by atoms with Crippen LogP contribution in [0.15, 0.2) is 42.5 Å². The molecule has 3 heteroatoms. The van der Waals surface area contributed by atoms with E-state index in [1.54, 1.807) is 0 Å². The van der Waals surface area contributed by atoms with Gasteiger partial charge in [0.2, 0.25) is 0 Å². The van der Waals surface area contributed by atoms with E-state index in [-0.39, 0.29) is 5.91 Å². The normalized spacial score (nSPS) is 22.1. The maximum Gasteiger partial charge on any atom is 0.251 e. The molecule has 0 radical (unpaired) electrons. The fourth-order valence-corrected chi connectivity index (χ4v) is 3.05. The number of rotatable bonds is 3. The van der Waals surface area contributed by atoms with Crippen LogP contribution in [-0.2, 0) is 0 Å². The second-order valence-corrected chi connectivity index (χ2v) is 5.97. The summed E-state index contributed by atoms with van der Waals surface area (Å²) in [4.78, 5) is 12.3. The van der Waals surface area contributed by atoms with E-state index in [2.05, 4.69) is 23.6 Å². The van der Waals surface area contributed by atoms with Gasteiger partial charge in [0.25, 0.3) is 5.91 Å². The maximum absolute atomic E-state index is 12.3. The van der Waals surface area contributed by atoms with Crippen LogP contribution >= 0.6 is 0 Å². The van der Waals surface area contributed by atoms with E-state index in [1.165, 1.54) is 12.8 Å². The lowest BCUT2D eigenvalue weighted by molar-refractivity contribution is 0.0946. The Morgan fingerprint density at radius 1 is 1.19 bits per heavy atom. The molecule has 3 nitrogen and oxygen atoms in total. The highest BCUT2D eigenvalue weighted by Crippen LogP contribution is 2.16. The smallest absolute Gasteiger partial charge is 0.251 e. The van der Waals surface area contributed by atoms with Crippen LogP contribution in [0.25, 0.3) is 10.8 Å². The zero-order chi connectivity index (χ0) is 14.7. The van der Waals surface area contributed by atoms with Crippen LogP contribution in [-0.4, -0.2) is 24.5 Å². The Morgan fingerprint density at radius 2 is 2.00 bits per heavy atom. The molecular formula is C18H22N2O. The van der Waals surface area contributed by atoms with E-state index in [4.69, 9.17) is 0 Å². The van der Waals surface area contributed by atoms with Crippen molar-refractivity contribution in [3.05, 3.63) is 48.0 Å². The fraction of sp³-hybridized carbons (Fsp3) is 0.389. The minimum absolute atomic E-state index is 0.0146. The minimum Gasteiger partial charge on any atom is -0.350 e. The molecule has 1 aliphatic rings. The molecule has 0 aliphatic carbocycles. The predicted molar refractivity (Wildman–Crippen MR) is 86.5 cm³/mol. The summed E-state index contributed by atoms with van der Waals surface area (Å²) in [5.74, 6) is 0.0146. The Labute approximate surface area is 125 Å². The number of carbonyl (C=O) groups is 1. The fourth-order valence-electron chi connectivity index (χ4n) is 3.05. The summed E-state index contributed by atoms with van der Waals surface area (Å²) in [7, 11) is 0. The Hall–Kier alpha value is -1.87. The van der Waals surface area contributed by atoms with Crippen molar-refractivity contribution in [2.24, 2.45) is 0 Å². The van der Waals surface area contributed by atoms with Gasteiger partial charge in [0.05, 0.1) is 0 Å². The third kappa shape index (κ3) is 3.42. The number of hydrogen-bond donors (Lipinski definition) is 2. The molecule has 3 rings (SSSR count). The Balaban J connectivity index is 1.63. The molecule has 2 atom stereocenters. The first-order valence-corrected chi connectivity index (χ1v) is 7.75. The van der Waals surface area contributed by atoms with E-state index >= 15 is 0 Å². The summed E-state index contributed by atoms with van der Waals surface area (Å²) in [6.07, 6.45) is 3.61. The first kappa shape index (κ1) is 14.1. The molecule has 0 bridgehead atoms. The first-order valence-electron chi connectivity index (χ1n) is 7.75. The van der Waals surface area contributed by atoms with Crippen molar-refractivity contribution in [1.82, 2.24) is 10.6 Å². The summed E-state index contributed by atoms with van der Waals surface area (Å²) >= 11 is 0. The number of nitrogens with one attached hydrogen (secondary N) is 2. The molecule has 1 aliphatic heterocycles. The number of benzene rings is 2. The summed E-state index contributed by atoms with van der Waals surface area (Å²) in [6.45, 7) is 2.91. The standard InChI is InChI=1S/C18H22N2O/c1-13-5-4-8-17(20-13)12-19-18(21)16-10-9-14-6-2-3-7-15(14)11-16/h2-3,6-7,9-11,13,17,20H,4-5,8,12H2,1H3,(H,19,21). The molecule has 2 unspecified atom stereocenters. The number of amides is 1. The third-order valence-corrected chi connectivity index (χ3v) is 4.23. The topological polar surface area (TPSA) is 41.1 Å². The molecule has 0 aromatic heterocycles. The largest absolute Gasteiger partial charge is 0.350 e. The van der Waals surface area contributed by atoms with Gasteiger partial charge in [-0.15, -0.1) is 0 Å². The van der Waals surface area contributed by atoms with E-state index in [1.807, 2.05) is 36.4 Å². The highest BCUT2D eigenvalue weighted by atomic mass is 16.1. The van der Waals surface area contributed by atoms with Crippen molar-refractivity contribution in [3.8, 4) is 0 Å². The molecule has 21 heavy (non-hydrogen) atoms. The van der Waals surface area contributed by atoms with Gasteiger partial charge in [-0.3, -0.25) is 4.79 Å². The number of piperidine rings is 1. The highest BCUT2D eigenvalue weighted by Gasteiger charge is 2.18. The van der Waals surface area contributed by atoms with Crippen molar-refractivity contribution in [3.63, 3.8) is 0 Å². The van der Waals surface area contributed by atoms with Gasteiger partial charge in [0, 0.05) is 24.2 Å². The molecule has 1 heterocycles. The van der Waals surface area contributed by atoms with Gasteiger partial charge >= 0.3 is 0 Å². The monoisotopic (exact) mass is 282 g/mol. The van der Waals surface area contributed by atoms with Gasteiger partial charge in [-0.05, 0) is 42.7 Å². The van der Waals surface area contributed by atoms with Crippen LogP contribution in [0.5, 0.6) is 0 Å². The van der Waals surface area contributed by atoms with Crippen LogP contribution in [0.1, 0.15) is 36.5 Å². The Morgan fingerprint density at radius 3 is 2.81 bits per heavy atom. The van der Waals surface area contributed by atoms with Crippen molar-refractivity contribution in [2.75, 3.05) is 6.54 Å². The van der Waals surface area contributed by atoms with Gasteiger partial charge < -0.3 is 10.6 Å². The molecular weight excluding hydrogens is 260 g/mol. The van der Waals surface area contributed by atoms with Gasteiger partial charge in [-0.1, -0.05) is 36.8 Å². The Bertz CT molecular complexity index is 638. The predicted octanol–water partition coefficient (Wildman–Crippen LogP) is 3.10. The zero-order valence-corrected chi connectivity index (χ0v) is 12.4. The summed E-state index contributed by atoms with van der Waals surface area (Å²) in [5.41, 5.74) is 0.734. The number of carbonyl (C=O) groups excluding carboxylic acids is 1. The molecule has 1 saturated heterocycles. The molecule has 1 fully saturated rings. The molecule has 0 saturated carbocycles. The van der Waals surface area contributed by atoms with Crippen LogP contribution in [0, 0.1) is 0 Å². The third-order valence-electron chi connectivity index (χ3n) is 4.23. The number of hydrogen-bond acceptors (Lipinski definition) is 2. The highest BCUT2D eigenvalue weighted by molar-refractivity contribution is 5.98. The maximum atomic E-state index is 12.3. The van der Waals surface area contributed by atoms with E-state index < -0.39 is 0 Å².